The zero-order chi connectivity index (χ0) is 16.8. The fraction of sp³-hybridized carbons (Fsp3) is 0.176. The monoisotopic (exact) mass is 332 g/mol. The van der Waals surface area contributed by atoms with Crippen molar-refractivity contribution in [3.05, 3.63) is 58.6 Å². The van der Waals surface area contributed by atoms with E-state index in [-0.39, 0.29) is 17.4 Å². The van der Waals surface area contributed by atoms with Crippen molar-refractivity contribution in [1.82, 2.24) is 5.32 Å². The molecule has 0 aliphatic heterocycles. The fourth-order valence-corrected chi connectivity index (χ4v) is 2.15. The van der Waals surface area contributed by atoms with Crippen molar-refractivity contribution < 1.29 is 14.3 Å². The number of rotatable bonds is 5. The van der Waals surface area contributed by atoms with Crippen LogP contribution in [0.15, 0.2) is 42.5 Å². The number of halogens is 1. The second kappa shape index (κ2) is 7.65. The minimum atomic E-state index is -0.365. The second-order valence-electron chi connectivity index (χ2n) is 4.74. The Morgan fingerprint density at radius 1 is 1.09 bits per heavy atom. The van der Waals surface area contributed by atoms with Gasteiger partial charge in [-0.1, -0.05) is 11.6 Å². The molecule has 0 fully saturated rings. The molecule has 2 N–H and O–H groups in total. The predicted molar refractivity (Wildman–Crippen MR) is 90.4 cm³/mol. The lowest BCUT2D eigenvalue weighted by Crippen LogP contribution is -2.23. The summed E-state index contributed by atoms with van der Waals surface area (Å²) in [6.45, 7) is 2.34. The lowest BCUT2D eigenvalue weighted by Gasteiger charge is -2.11. The summed E-state index contributed by atoms with van der Waals surface area (Å²) in [5, 5.41) is 6.03. The predicted octanol–water partition coefficient (Wildman–Crippen LogP) is 3.35. The summed E-state index contributed by atoms with van der Waals surface area (Å²) >= 11 is 5.82. The second-order valence-corrected chi connectivity index (χ2v) is 5.17. The van der Waals surface area contributed by atoms with Crippen LogP contribution in [0.1, 0.15) is 27.6 Å². The molecule has 6 heteroatoms. The van der Waals surface area contributed by atoms with Gasteiger partial charge in [0, 0.05) is 22.8 Å². The number of hydrogen-bond donors (Lipinski definition) is 2. The van der Waals surface area contributed by atoms with Crippen molar-refractivity contribution in [2.45, 2.75) is 6.92 Å². The van der Waals surface area contributed by atoms with Gasteiger partial charge in [-0.15, -0.1) is 0 Å². The Labute approximate surface area is 139 Å². The largest absolute Gasteiger partial charge is 0.496 e. The van der Waals surface area contributed by atoms with Crippen LogP contribution in [-0.4, -0.2) is 25.5 Å². The molecule has 0 bridgehead atoms. The minimum Gasteiger partial charge on any atom is -0.496 e. The Bertz CT molecular complexity index is 714. The maximum Gasteiger partial charge on any atom is 0.259 e. The SMILES string of the molecule is CCNC(=O)c1ccc(OC)c(C(=O)Nc2ccc(Cl)cc2)c1. The maximum absolute atomic E-state index is 12.5. The molecule has 2 amide bonds. The molecule has 2 aromatic carbocycles. The Kier molecular flexibility index (Phi) is 5.60. The van der Waals surface area contributed by atoms with E-state index >= 15 is 0 Å². The number of benzene rings is 2. The average Bonchev–Trinajstić information content (AvgIpc) is 2.56. The number of carbonyl (C=O) groups is 2. The number of anilines is 1. The molecule has 120 valence electrons. The third-order valence-corrected chi connectivity index (χ3v) is 3.40. The van der Waals surface area contributed by atoms with E-state index in [0.29, 0.717) is 28.6 Å². The summed E-state index contributed by atoms with van der Waals surface area (Å²) in [5.74, 6) is -0.212. The van der Waals surface area contributed by atoms with Gasteiger partial charge in [0.1, 0.15) is 5.75 Å². The molecule has 5 nitrogen and oxygen atoms in total. The van der Waals surface area contributed by atoms with Gasteiger partial charge in [0.15, 0.2) is 0 Å². The van der Waals surface area contributed by atoms with Gasteiger partial charge in [0.05, 0.1) is 12.7 Å². The van der Waals surface area contributed by atoms with E-state index in [1.165, 1.54) is 13.2 Å². The molecule has 0 saturated carbocycles. The lowest BCUT2D eigenvalue weighted by atomic mass is 10.1. The third kappa shape index (κ3) is 4.23. The Hall–Kier alpha value is -2.53. The van der Waals surface area contributed by atoms with E-state index in [1.807, 2.05) is 6.92 Å². The van der Waals surface area contributed by atoms with Crippen LogP contribution in [0.25, 0.3) is 0 Å². The molecule has 0 aromatic heterocycles. The molecule has 0 atom stereocenters. The first kappa shape index (κ1) is 16.8. The summed E-state index contributed by atoms with van der Waals surface area (Å²) in [5.41, 5.74) is 1.28. The standard InChI is InChI=1S/C17H17ClN2O3/c1-3-19-16(21)11-4-9-15(23-2)14(10-11)17(22)20-13-7-5-12(18)6-8-13/h4-10H,3H2,1-2H3,(H,19,21)(H,20,22). The first-order valence-electron chi connectivity index (χ1n) is 7.08. The summed E-state index contributed by atoms with van der Waals surface area (Å²) < 4.78 is 5.20. The maximum atomic E-state index is 12.5. The summed E-state index contributed by atoms with van der Waals surface area (Å²) in [7, 11) is 1.47. The van der Waals surface area contributed by atoms with Crippen LogP contribution in [0.5, 0.6) is 5.75 Å². The number of methoxy groups -OCH3 is 1. The van der Waals surface area contributed by atoms with Crippen molar-refractivity contribution in [3.8, 4) is 5.75 Å². The zero-order valence-corrected chi connectivity index (χ0v) is 13.6. The van der Waals surface area contributed by atoms with Gasteiger partial charge in [0.2, 0.25) is 0 Å². The van der Waals surface area contributed by atoms with Crippen molar-refractivity contribution in [3.63, 3.8) is 0 Å². The van der Waals surface area contributed by atoms with E-state index < -0.39 is 0 Å². The molecule has 0 unspecified atom stereocenters. The van der Waals surface area contributed by atoms with Gasteiger partial charge in [-0.2, -0.15) is 0 Å². The topological polar surface area (TPSA) is 67.4 Å². The molecule has 0 aliphatic carbocycles. The highest BCUT2D eigenvalue weighted by molar-refractivity contribution is 6.30. The first-order chi connectivity index (χ1) is 11.0. The number of carbonyl (C=O) groups excluding carboxylic acids is 2. The molecule has 0 spiro atoms. The molecule has 0 saturated heterocycles. The Morgan fingerprint density at radius 3 is 2.39 bits per heavy atom. The molecular weight excluding hydrogens is 316 g/mol. The molecule has 23 heavy (non-hydrogen) atoms. The van der Waals surface area contributed by atoms with Crippen molar-refractivity contribution in [2.24, 2.45) is 0 Å². The molecule has 0 heterocycles. The van der Waals surface area contributed by atoms with Gasteiger partial charge in [-0.25, -0.2) is 0 Å². The van der Waals surface area contributed by atoms with Crippen LogP contribution in [0.3, 0.4) is 0 Å². The van der Waals surface area contributed by atoms with Crippen LogP contribution < -0.4 is 15.4 Å². The normalized spacial score (nSPS) is 10.0. The number of amides is 2. The van der Waals surface area contributed by atoms with Gasteiger partial charge >= 0.3 is 0 Å². The molecule has 2 rings (SSSR count). The minimum absolute atomic E-state index is 0.240. The van der Waals surface area contributed by atoms with Crippen molar-refractivity contribution in [2.75, 3.05) is 19.0 Å². The molecule has 2 aromatic rings. The summed E-state index contributed by atoms with van der Waals surface area (Å²) in [4.78, 5) is 24.4. The number of ether oxygens (including phenoxy) is 1. The average molecular weight is 333 g/mol. The number of hydrogen-bond acceptors (Lipinski definition) is 3. The summed E-state index contributed by atoms with van der Waals surface area (Å²) in [6.07, 6.45) is 0. The van der Waals surface area contributed by atoms with E-state index in [0.717, 1.165) is 0 Å². The summed E-state index contributed by atoms with van der Waals surface area (Å²) in [6, 6.07) is 11.5. The molecular formula is C17H17ClN2O3. The fourth-order valence-electron chi connectivity index (χ4n) is 2.02. The van der Waals surface area contributed by atoms with Crippen LogP contribution in [0.2, 0.25) is 5.02 Å². The van der Waals surface area contributed by atoms with Gasteiger partial charge in [-0.05, 0) is 49.4 Å². The molecule has 0 aliphatic rings. The Morgan fingerprint density at radius 2 is 1.78 bits per heavy atom. The highest BCUT2D eigenvalue weighted by atomic mass is 35.5. The highest BCUT2D eigenvalue weighted by Gasteiger charge is 2.16. The smallest absolute Gasteiger partial charge is 0.259 e. The highest BCUT2D eigenvalue weighted by Crippen LogP contribution is 2.22. The van der Waals surface area contributed by atoms with Crippen LogP contribution >= 0.6 is 11.6 Å². The lowest BCUT2D eigenvalue weighted by molar-refractivity contribution is 0.0956. The van der Waals surface area contributed by atoms with Gasteiger partial charge < -0.3 is 15.4 Å². The van der Waals surface area contributed by atoms with Gasteiger partial charge in [-0.3, -0.25) is 9.59 Å². The third-order valence-electron chi connectivity index (χ3n) is 3.15. The van der Waals surface area contributed by atoms with Crippen LogP contribution in [-0.2, 0) is 0 Å². The van der Waals surface area contributed by atoms with E-state index in [1.54, 1.807) is 36.4 Å². The van der Waals surface area contributed by atoms with E-state index in [2.05, 4.69) is 10.6 Å². The van der Waals surface area contributed by atoms with Crippen LogP contribution in [0.4, 0.5) is 5.69 Å². The van der Waals surface area contributed by atoms with E-state index in [4.69, 9.17) is 16.3 Å². The van der Waals surface area contributed by atoms with Crippen molar-refractivity contribution in [1.29, 1.82) is 0 Å². The van der Waals surface area contributed by atoms with Crippen LogP contribution in [0, 0.1) is 0 Å². The zero-order valence-electron chi connectivity index (χ0n) is 12.9. The van der Waals surface area contributed by atoms with Gasteiger partial charge in [0.25, 0.3) is 11.8 Å². The molecule has 0 radical (unpaired) electrons. The number of nitrogens with one attached hydrogen (secondary N) is 2. The van der Waals surface area contributed by atoms with E-state index in [9.17, 15) is 9.59 Å². The first-order valence-corrected chi connectivity index (χ1v) is 7.46. The quantitative estimate of drug-likeness (QED) is 0.882. The van der Waals surface area contributed by atoms with Crippen molar-refractivity contribution >= 4 is 29.1 Å². The Balaban J connectivity index is 2.28.